The molecule has 1 aromatic rings. The molecule has 7 heteroatoms. The third-order valence-corrected chi connectivity index (χ3v) is 1.92. The van der Waals surface area contributed by atoms with E-state index in [0.717, 1.165) is 12.1 Å². The van der Waals surface area contributed by atoms with Crippen LogP contribution >= 0.6 is 11.6 Å². The third-order valence-electron chi connectivity index (χ3n) is 1.70. The molecule has 0 aliphatic heterocycles. The Kier molecular flexibility index (Phi) is 3.65. The van der Waals surface area contributed by atoms with Gasteiger partial charge in [0.1, 0.15) is 0 Å². The van der Waals surface area contributed by atoms with Crippen molar-refractivity contribution in [3.05, 3.63) is 34.3 Å². The Bertz CT molecular complexity index is 354. The van der Waals surface area contributed by atoms with E-state index in [1.54, 1.807) is 0 Å². The predicted molar refractivity (Wildman–Crippen MR) is 50.3 cm³/mol. The maximum atomic E-state index is 12.3. The van der Waals surface area contributed by atoms with Crippen LogP contribution in [0, 0.1) is 0 Å². The fraction of sp³-hybridized carbons (Fsp3) is 0.250. The molecule has 0 atom stereocenters. The number of rotatable bonds is 2. The molecule has 0 aromatic heterocycles. The molecule has 1 aromatic carbocycles. The SMILES string of the molecule is OB(O)Cc1cc(Cl)cc(C(F)(F)F)c1. The van der Waals surface area contributed by atoms with Gasteiger partial charge in [-0.1, -0.05) is 11.6 Å². The number of benzene rings is 1. The zero-order valence-electron chi connectivity index (χ0n) is 7.42. The molecule has 0 aliphatic carbocycles. The number of alkyl halides is 3. The zero-order chi connectivity index (χ0) is 11.6. The third kappa shape index (κ3) is 3.73. The van der Waals surface area contributed by atoms with Crippen molar-refractivity contribution in [3.63, 3.8) is 0 Å². The average Bonchev–Trinajstić information content (AvgIpc) is 1.99. The van der Waals surface area contributed by atoms with Gasteiger partial charge in [0.25, 0.3) is 0 Å². The van der Waals surface area contributed by atoms with Crippen molar-refractivity contribution in [3.8, 4) is 0 Å². The first-order valence-corrected chi connectivity index (χ1v) is 4.39. The molecule has 0 radical (unpaired) electrons. The van der Waals surface area contributed by atoms with Gasteiger partial charge in [0, 0.05) is 11.3 Å². The first-order valence-electron chi connectivity index (χ1n) is 4.02. The van der Waals surface area contributed by atoms with Crippen LogP contribution < -0.4 is 0 Å². The largest absolute Gasteiger partial charge is 0.456 e. The lowest BCUT2D eigenvalue weighted by Gasteiger charge is -2.09. The molecule has 2 nitrogen and oxygen atoms in total. The quantitative estimate of drug-likeness (QED) is 0.773. The van der Waals surface area contributed by atoms with Crippen LogP contribution in [0.5, 0.6) is 0 Å². The van der Waals surface area contributed by atoms with Gasteiger partial charge in [-0.2, -0.15) is 13.2 Å². The van der Waals surface area contributed by atoms with Crippen molar-refractivity contribution in [1.82, 2.24) is 0 Å². The summed E-state index contributed by atoms with van der Waals surface area (Å²) in [6.45, 7) is 0. The Balaban J connectivity index is 3.06. The van der Waals surface area contributed by atoms with Crippen LogP contribution in [0.3, 0.4) is 0 Å². The monoisotopic (exact) mass is 238 g/mol. The first-order chi connectivity index (χ1) is 6.79. The fourth-order valence-corrected chi connectivity index (χ4v) is 1.40. The fourth-order valence-electron chi connectivity index (χ4n) is 1.14. The minimum Gasteiger partial charge on any atom is -0.427 e. The van der Waals surface area contributed by atoms with E-state index in [4.69, 9.17) is 21.6 Å². The van der Waals surface area contributed by atoms with E-state index in [1.807, 2.05) is 0 Å². The van der Waals surface area contributed by atoms with Gasteiger partial charge in [0.05, 0.1) is 5.56 Å². The first kappa shape index (κ1) is 12.4. The second-order valence-corrected chi connectivity index (χ2v) is 3.47. The maximum absolute atomic E-state index is 12.3. The Morgan fingerprint density at radius 2 is 1.80 bits per heavy atom. The molecule has 0 fully saturated rings. The van der Waals surface area contributed by atoms with Gasteiger partial charge in [0.15, 0.2) is 0 Å². The van der Waals surface area contributed by atoms with E-state index in [9.17, 15) is 13.2 Å². The summed E-state index contributed by atoms with van der Waals surface area (Å²) >= 11 is 5.48. The molecule has 0 saturated carbocycles. The molecule has 2 N–H and O–H groups in total. The van der Waals surface area contributed by atoms with Gasteiger partial charge in [-0.25, -0.2) is 0 Å². The average molecular weight is 238 g/mol. The van der Waals surface area contributed by atoms with Crippen molar-refractivity contribution in [1.29, 1.82) is 0 Å². The molecule has 0 saturated heterocycles. The summed E-state index contributed by atoms with van der Waals surface area (Å²) < 4.78 is 36.9. The second-order valence-electron chi connectivity index (χ2n) is 3.03. The lowest BCUT2D eigenvalue weighted by atomic mass is 9.81. The van der Waals surface area contributed by atoms with Crippen molar-refractivity contribution in [2.45, 2.75) is 12.5 Å². The molecule has 0 spiro atoms. The van der Waals surface area contributed by atoms with Crippen LogP contribution in [0.25, 0.3) is 0 Å². The molecule has 1 rings (SSSR count). The van der Waals surface area contributed by atoms with E-state index in [1.165, 1.54) is 6.07 Å². The van der Waals surface area contributed by atoms with Gasteiger partial charge >= 0.3 is 13.3 Å². The van der Waals surface area contributed by atoms with Gasteiger partial charge in [0.2, 0.25) is 0 Å². The van der Waals surface area contributed by atoms with Crippen LogP contribution in [0.1, 0.15) is 11.1 Å². The summed E-state index contributed by atoms with van der Waals surface area (Å²) in [5.74, 6) is 0. The van der Waals surface area contributed by atoms with Gasteiger partial charge < -0.3 is 10.0 Å². The van der Waals surface area contributed by atoms with Crippen LogP contribution in [-0.2, 0) is 12.5 Å². The maximum Gasteiger partial charge on any atom is 0.456 e. The topological polar surface area (TPSA) is 40.5 Å². The van der Waals surface area contributed by atoms with Crippen LogP contribution in [0.15, 0.2) is 18.2 Å². The van der Waals surface area contributed by atoms with E-state index in [-0.39, 0.29) is 16.9 Å². The van der Waals surface area contributed by atoms with Crippen LogP contribution in [0.2, 0.25) is 5.02 Å². The van der Waals surface area contributed by atoms with Crippen molar-refractivity contribution < 1.29 is 23.2 Å². The highest BCUT2D eigenvalue weighted by atomic mass is 35.5. The summed E-state index contributed by atoms with van der Waals surface area (Å²) in [6, 6.07) is 2.89. The number of halogens is 4. The standard InChI is InChI=1S/C8H7BClF3O2/c10-7-2-5(4-9(14)15)1-6(3-7)8(11,12)13/h1-3,14-15H,4H2. The van der Waals surface area contributed by atoms with Crippen LogP contribution in [-0.4, -0.2) is 17.2 Å². The van der Waals surface area contributed by atoms with E-state index in [2.05, 4.69) is 0 Å². The molecule has 0 amide bonds. The highest BCUT2D eigenvalue weighted by Crippen LogP contribution is 2.31. The van der Waals surface area contributed by atoms with E-state index < -0.39 is 18.9 Å². The predicted octanol–water partition coefficient (Wildman–Crippen LogP) is 1.91. The molecule has 0 bridgehead atoms. The Labute approximate surface area is 89.4 Å². The summed E-state index contributed by atoms with van der Waals surface area (Å²) in [7, 11) is -1.69. The Morgan fingerprint density at radius 3 is 2.27 bits per heavy atom. The van der Waals surface area contributed by atoms with Gasteiger partial charge in [-0.05, 0) is 23.8 Å². The number of hydrogen-bond acceptors (Lipinski definition) is 2. The number of hydrogen-bond donors (Lipinski definition) is 2. The lowest BCUT2D eigenvalue weighted by molar-refractivity contribution is -0.137. The van der Waals surface area contributed by atoms with Crippen LogP contribution in [0.4, 0.5) is 13.2 Å². The Hall–Kier alpha value is -0.715. The lowest BCUT2D eigenvalue weighted by Crippen LogP contribution is -2.16. The van der Waals surface area contributed by atoms with Crippen molar-refractivity contribution in [2.24, 2.45) is 0 Å². The molecule has 0 heterocycles. The molecular weight excluding hydrogens is 231 g/mol. The smallest absolute Gasteiger partial charge is 0.427 e. The van der Waals surface area contributed by atoms with E-state index >= 15 is 0 Å². The van der Waals surface area contributed by atoms with Crippen molar-refractivity contribution in [2.75, 3.05) is 0 Å². The van der Waals surface area contributed by atoms with E-state index in [0.29, 0.717) is 0 Å². The normalized spacial score (nSPS) is 11.6. The summed E-state index contributed by atoms with van der Waals surface area (Å²) in [6.07, 6.45) is -4.77. The minimum atomic E-state index is -4.49. The summed E-state index contributed by atoms with van der Waals surface area (Å²) in [5, 5.41) is 17.2. The molecule has 0 unspecified atom stereocenters. The Morgan fingerprint density at radius 1 is 1.20 bits per heavy atom. The second kappa shape index (κ2) is 4.43. The van der Waals surface area contributed by atoms with Gasteiger partial charge in [-0.3, -0.25) is 0 Å². The summed E-state index contributed by atoms with van der Waals surface area (Å²) in [5.41, 5.74) is -0.768. The molecular formula is C8H7BClF3O2. The summed E-state index contributed by atoms with van der Waals surface area (Å²) in [4.78, 5) is 0. The molecule has 82 valence electrons. The minimum absolute atomic E-state index is 0.0829. The molecule has 0 aliphatic rings. The van der Waals surface area contributed by atoms with Gasteiger partial charge in [-0.15, -0.1) is 0 Å². The highest BCUT2D eigenvalue weighted by molar-refractivity contribution is 6.40. The zero-order valence-corrected chi connectivity index (χ0v) is 8.18. The molecule has 15 heavy (non-hydrogen) atoms. The highest BCUT2D eigenvalue weighted by Gasteiger charge is 2.31. The van der Waals surface area contributed by atoms with Crippen molar-refractivity contribution >= 4 is 18.7 Å².